The number of carbonyl (C=O) groups is 1. The lowest BCUT2D eigenvalue weighted by molar-refractivity contribution is -0.121. The fourth-order valence-electron chi connectivity index (χ4n) is 3.80. The zero-order valence-corrected chi connectivity index (χ0v) is 20.3. The van der Waals surface area contributed by atoms with Crippen molar-refractivity contribution in [2.45, 2.75) is 31.5 Å². The highest BCUT2D eigenvalue weighted by Gasteiger charge is 2.16. The Labute approximate surface area is 208 Å². The summed E-state index contributed by atoms with van der Waals surface area (Å²) in [5, 5.41) is 12.7. The summed E-state index contributed by atoms with van der Waals surface area (Å²) in [7, 11) is 0. The maximum Gasteiger partial charge on any atom is 0.231 e. The fraction of sp³-hybridized carbons (Fsp3) is 0.222. The quantitative estimate of drug-likeness (QED) is 0.260. The van der Waals surface area contributed by atoms with Crippen LogP contribution in [0.5, 0.6) is 11.5 Å². The van der Waals surface area contributed by atoms with Crippen LogP contribution in [-0.2, 0) is 11.3 Å². The molecule has 1 aliphatic heterocycles. The number of nitrogens with zero attached hydrogens (tertiary/aromatic N) is 3. The first kappa shape index (κ1) is 23.0. The number of hydrogen-bond donors (Lipinski definition) is 1. The van der Waals surface area contributed by atoms with Gasteiger partial charge in [0.05, 0.1) is 0 Å². The Kier molecular flexibility index (Phi) is 6.99. The van der Waals surface area contributed by atoms with Gasteiger partial charge in [0, 0.05) is 30.0 Å². The molecule has 8 heteroatoms. The minimum atomic E-state index is 0.0214. The molecule has 0 unspecified atom stereocenters. The van der Waals surface area contributed by atoms with Crippen molar-refractivity contribution in [1.82, 2.24) is 20.1 Å². The fourth-order valence-corrected chi connectivity index (χ4v) is 4.69. The van der Waals surface area contributed by atoms with E-state index in [4.69, 9.17) is 9.47 Å². The number of para-hydroxylation sites is 1. The van der Waals surface area contributed by atoms with E-state index in [9.17, 15) is 4.79 Å². The molecule has 0 fully saturated rings. The summed E-state index contributed by atoms with van der Waals surface area (Å²) >= 11 is 1.61. The summed E-state index contributed by atoms with van der Waals surface area (Å²) in [6.45, 7) is 2.77. The Morgan fingerprint density at radius 1 is 1.00 bits per heavy atom. The lowest BCUT2D eigenvalue weighted by Gasteiger charge is -2.10. The number of hydrogen-bond acceptors (Lipinski definition) is 6. The number of carbonyl (C=O) groups excluding carboxylic acids is 1. The molecule has 1 N–H and O–H groups in total. The third-order valence-electron chi connectivity index (χ3n) is 5.66. The minimum absolute atomic E-state index is 0.0214. The number of aryl methyl sites for hydroxylation is 1. The molecule has 1 amide bonds. The van der Waals surface area contributed by atoms with Crippen LogP contribution in [0, 0.1) is 6.92 Å². The van der Waals surface area contributed by atoms with Crippen LogP contribution in [-0.4, -0.2) is 33.2 Å². The molecule has 0 aliphatic carbocycles. The summed E-state index contributed by atoms with van der Waals surface area (Å²) in [5.41, 5.74) is 4.21. The topological polar surface area (TPSA) is 78.3 Å². The van der Waals surface area contributed by atoms with Gasteiger partial charge >= 0.3 is 0 Å². The highest BCUT2D eigenvalue weighted by Crippen LogP contribution is 2.32. The van der Waals surface area contributed by atoms with Crippen LogP contribution in [0.1, 0.15) is 24.0 Å². The van der Waals surface area contributed by atoms with E-state index in [1.165, 1.54) is 5.56 Å². The van der Waals surface area contributed by atoms with Gasteiger partial charge in [-0.2, -0.15) is 0 Å². The van der Waals surface area contributed by atoms with Gasteiger partial charge in [-0.3, -0.25) is 9.36 Å². The van der Waals surface area contributed by atoms with Gasteiger partial charge in [-0.05, 0) is 43.2 Å². The number of rotatable bonds is 9. The minimum Gasteiger partial charge on any atom is -0.454 e. The molecule has 2 heterocycles. The highest BCUT2D eigenvalue weighted by molar-refractivity contribution is 7.99. The molecule has 3 aromatic carbocycles. The Bertz CT molecular complexity index is 1310. The van der Waals surface area contributed by atoms with Crippen molar-refractivity contribution in [3.63, 3.8) is 0 Å². The largest absolute Gasteiger partial charge is 0.454 e. The van der Waals surface area contributed by atoms with Crippen molar-refractivity contribution in [1.29, 1.82) is 0 Å². The smallest absolute Gasteiger partial charge is 0.231 e. The number of ether oxygens (including phenoxy) is 2. The molecule has 0 spiro atoms. The van der Waals surface area contributed by atoms with E-state index in [1.54, 1.807) is 11.8 Å². The second-order valence-corrected chi connectivity index (χ2v) is 9.32. The molecule has 35 heavy (non-hydrogen) atoms. The van der Waals surface area contributed by atoms with Gasteiger partial charge < -0.3 is 14.8 Å². The van der Waals surface area contributed by atoms with Crippen LogP contribution in [0.25, 0.3) is 17.1 Å². The third kappa shape index (κ3) is 5.49. The predicted molar refractivity (Wildman–Crippen MR) is 136 cm³/mol. The van der Waals surface area contributed by atoms with Crippen LogP contribution in [0.3, 0.4) is 0 Å². The SMILES string of the molecule is Cc1ccc(-c2nnc(SCCCC(=O)NCc3ccc4c(c3)OCO4)n2-c2ccccc2)cc1. The first-order valence-electron chi connectivity index (χ1n) is 11.5. The molecule has 7 nitrogen and oxygen atoms in total. The van der Waals surface area contributed by atoms with Crippen LogP contribution >= 0.6 is 11.8 Å². The number of fused-ring (bicyclic) bond motifs is 1. The van der Waals surface area contributed by atoms with Crippen LogP contribution in [0.15, 0.2) is 78.0 Å². The Hall–Kier alpha value is -3.78. The molecule has 0 atom stereocenters. The average Bonchev–Trinajstić information content (AvgIpc) is 3.53. The molecule has 0 saturated carbocycles. The van der Waals surface area contributed by atoms with Crippen molar-refractivity contribution < 1.29 is 14.3 Å². The van der Waals surface area contributed by atoms with Crippen molar-refractivity contribution in [2.24, 2.45) is 0 Å². The van der Waals surface area contributed by atoms with Gasteiger partial charge in [0.15, 0.2) is 22.5 Å². The number of benzene rings is 3. The summed E-state index contributed by atoms with van der Waals surface area (Å²) < 4.78 is 12.8. The zero-order valence-electron chi connectivity index (χ0n) is 19.4. The second kappa shape index (κ2) is 10.7. The molecule has 0 saturated heterocycles. The van der Waals surface area contributed by atoms with Crippen LogP contribution in [0.2, 0.25) is 0 Å². The molecule has 178 valence electrons. The Balaban J connectivity index is 1.18. The molecule has 1 aromatic heterocycles. The summed E-state index contributed by atoms with van der Waals surface area (Å²) in [4.78, 5) is 12.4. The first-order chi connectivity index (χ1) is 17.2. The summed E-state index contributed by atoms with van der Waals surface area (Å²) in [5.74, 6) is 3.05. The van der Waals surface area contributed by atoms with E-state index >= 15 is 0 Å². The maximum absolute atomic E-state index is 12.4. The molecule has 5 rings (SSSR count). The van der Waals surface area contributed by atoms with Crippen molar-refractivity contribution >= 4 is 17.7 Å². The first-order valence-corrected chi connectivity index (χ1v) is 12.5. The molecule has 1 aliphatic rings. The van der Waals surface area contributed by atoms with Gasteiger partial charge in [0.25, 0.3) is 0 Å². The molecule has 4 aromatic rings. The predicted octanol–water partition coefficient (Wildman–Crippen LogP) is 5.16. The van der Waals surface area contributed by atoms with E-state index in [0.717, 1.165) is 51.5 Å². The normalized spacial score (nSPS) is 12.0. The van der Waals surface area contributed by atoms with E-state index in [2.05, 4.69) is 63.4 Å². The van der Waals surface area contributed by atoms with Gasteiger partial charge in [-0.25, -0.2) is 0 Å². The number of amides is 1. The van der Waals surface area contributed by atoms with E-state index in [-0.39, 0.29) is 12.7 Å². The molecular formula is C27H26N4O3S. The van der Waals surface area contributed by atoms with E-state index in [0.29, 0.717) is 13.0 Å². The summed E-state index contributed by atoms with van der Waals surface area (Å²) in [6.07, 6.45) is 1.18. The lowest BCUT2D eigenvalue weighted by atomic mass is 10.1. The van der Waals surface area contributed by atoms with Crippen LogP contribution in [0.4, 0.5) is 0 Å². The molecule has 0 bridgehead atoms. The summed E-state index contributed by atoms with van der Waals surface area (Å²) in [6, 6.07) is 24.1. The molecule has 0 radical (unpaired) electrons. The average molecular weight is 487 g/mol. The van der Waals surface area contributed by atoms with E-state index < -0.39 is 0 Å². The number of thioether (sulfide) groups is 1. The second-order valence-electron chi connectivity index (χ2n) is 8.26. The Morgan fingerprint density at radius 3 is 2.63 bits per heavy atom. The van der Waals surface area contributed by atoms with Gasteiger partial charge in [-0.1, -0.05) is 65.9 Å². The third-order valence-corrected chi connectivity index (χ3v) is 6.68. The van der Waals surface area contributed by atoms with Crippen molar-refractivity contribution in [3.8, 4) is 28.6 Å². The van der Waals surface area contributed by atoms with Crippen molar-refractivity contribution in [3.05, 3.63) is 83.9 Å². The maximum atomic E-state index is 12.4. The Morgan fingerprint density at radius 2 is 1.80 bits per heavy atom. The van der Waals surface area contributed by atoms with Crippen molar-refractivity contribution in [2.75, 3.05) is 12.5 Å². The lowest BCUT2D eigenvalue weighted by Crippen LogP contribution is -2.22. The van der Waals surface area contributed by atoms with Gasteiger partial charge in [0.2, 0.25) is 12.7 Å². The molecular weight excluding hydrogens is 460 g/mol. The van der Waals surface area contributed by atoms with Crippen LogP contribution < -0.4 is 14.8 Å². The monoisotopic (exact) mass is 486 g/mol. The standard InChI is InChI=1S/C27H26N4O3S/c1-19-9-12-21(13-10-19)26-29-30-27(31(26)22-6-3-2-4-7-22)35-15-5-8-25(32)28-17-20-11-14-23-24(16-20)34-18-33-23/h2-4,6-7,9-14,16H,5,8,15,17-18H2,1H3,(H,28,32). The van der Waals surface area contributed by atoms with Gasteiger partial charge in [-0.15, -0.1) is 10.2 Å². The van der Waals surface area contributed by atoms with Gasteiger partial charge in [0.1, 0.15) is 0 Å². The number of nitrogens with one attached hydrogen (secondary N) is 1. The highest BCUT2D eigenvalue weighted by atomic mass is 32.2. The zero-order chi connectivity index (χ0) is 24.0. The number of aromatic nitrogens is 3. The van der Waals surface area contributed by atoms with E-state index in [1.807, 2.05) is 36.4 Å².